The number of hydrogen-bond donors (Lipinski definition) is 4. The lowest BCUT2D eigenvalue weighted by Crippen LogP contribution is -2.53. The average molecular weight is 583 g/mol. The van der Waals surface area contributed by atoms with E-state index in [4.69, 9.17) is 11.6 Å². The molecule has 2 bridgehead atoms. The Morgan fingerprint density at radius 1 is 1.00 bits per heavy atom. The Bertz CT molecular complexity index is 1400. The van der Waals surface area contributed by atoms with Gasteiger partial charge in [0.25, 0.3) is 5.91 Å². The van der Waals surface area contributed by atoms with Crippen LogP contribution in [-0.4, -0.2) is 53.4 Å². The monoisotopic (exact) mass is 582 g/mol. The minimum Gasteiger partial charge on any atom is -0.393 e. The number of nitrogens with one attached hydrogen (secondary N) is 2. The fraction of sp³-hybridized carbons (Fsp3) is 0.481. The third-order valence-corrected chi connectivity index (χ3v) is 11.1. The van der Waals surface area contributed by atoms with E-state index in [2.05, 4.69) is 10.6 Å². The quantitative estimate of drug-likeness (QED) is 0.394. The number of rotatable bonds is 7. The number of amides is 2. The lowest BCUT2D eigenvalue weighted by atomic mass is 9.72. The number of carbonyl (C=O) groups excluding carboxylic acids is 2. The Labute approximate surface area is 229 Å². The number of aliphatic hydroxyl groups is 2. The van der Waals surface area contributed by atoms with E-state index < -0.39 is 56.2 Å². The molecule has 3 aliphatic carbocycles. The SMILES string of the molecule is O=C(CC1(O)C2CC[C@H]1CC(S(=O)(=O)c1cc(C(=O)Nc3ccc(F)c(F)c3)ccc1Cl)C2)NC1CC(O)C1. The van der Waals surface area contributed by atoms with Gasteiger partial charge in [0, 0.05) is 23.4 Å². The van der Waals surface area contributed by atoms with Gasteiger partial charge in [-0.25, -0.2) is 17.2 Å². The summed E-state index contributed by atoms with van der Waals surface area (Å²) in [6.45, 7) is 0. The molecular formula is C27H29ClF2N2O6S. The Kier molecular flexibility index (Phi) is 7.47. The van der Waals surface area contributed by atoms with Gasteiger partial charge in [0.2, 0.25) is 5.91 Å². The van der Waals surface area contributed by atoms with Crippen LogP contribution in [0.1, 0.15) is 55.3 Å². The predicted octanol–water partition coefficient (Wildman–Crippen LogP) is 3.59. The van der Waals surface area contributed by atoms with Crippen LogP contribution >= 0.6 is 11.6 Å². The van der Waals surface area contributed by atoms with E-state index in [1.165, 1.54) is 18.2 Å². The molecule has 210 valence electrons. The van der Waals surface area contributed by atoms with Crippen molar-refractivity contribution in [3.05, 3.63) is 58.6 Å². The Morgan fingerprint density at radius 2 is 1.67 bits per heavy atom. The fourth-order valence-electron chi connectivity index (χ4n) is 6.21. The maximum atomic E-state index is 13.7. The molecule has 0 aromatic heterocycles. The van der Waals surface area contributed by atoms with Crippen molar-refractivity contribution in [2.75, 3.05) is 5.32 Å². The number of sulfone groups is 1. The van der Waals surface area contributed by atoms with Crippen LogP contribution in [0.3, 0.4) is 0 Å². The van der Waals surface area contributed by atoms with E-state index in [0.29, 0.717) is 25.7 Å². The highest BCUT2D eigenvalue weighted by atomic mass is 35.5. The van der Waals surface area contributed by atoms with Gasteiger partial charge in [-0.2, -0.15) is 0 Å². The van der Waals surface area contributed by atoms with Crippen molar-refractivity contribution in [1.82, 2.24) is 5.32 Å². The number of halogens is 3. The highest BCUT2D eigenvalue weighted by Gasteiger charge is 2.56. The Balaban J connectivity index is 1.30. The number of anilines is 1. The normalized spacial score (nSPS) is 29.9. The summed E-state index contributed by atoms with van der Waals surface area (Å²) in [5.74, 6) is -4.04. The van der Waals surface area contributed by atoms with Crippen molar-refractivity contribution in [3.63, 3.8) is 0 Å². The predicted molar refractivity (Wildman–Crippen MR) is 139 cm³/mol. The molecule has 4 N–H and O–H groups in total. The molecule has 4 atom stereocenters. The molecule has 2 aromatic carbocycles. The number of benzene rings is 2. The topological polar surface area (TPSA) is 133 Å². The smallest absolute Gasteiger partial charge is 0.255 e. The minimum absolute atomic E-state index is 0.000998. The molecule has 0 aliphatic heterocycles. The van der Waals surface area contributed by atoms with Crippen LogP contribution in [0, 0.1) is 23.5 Å². The van der Waals surface area contributed by atoms with Gasteiger partial charge >= 0.3 is 0 Å². The van der Waals surface area contributed by atoms with Crippen LogP contribution in [0.4, 0.5) is 14.5 Å². The zero-order valence-electron chi connectivity index (χ0n) is 20.9. The molecule has 0 radical (unpaired) electrons. The summed E-state index contributed by atoms with van der Waals surface area (Å²) in [5, 5.41) is 25.2. The standard InChI is InChI=1S/C27H29ClF2N2O6S/c28-21-5-1-14(26(35)32-17-4-6-22(29)23(30)12-17)7-24(21)39(37,38)20-8-15-2-3-16(9-20)27(15,36)13-25(34)31-18-10-19(33)11-18/h1,4-7,12,15-16,18-20,33,36H,2-3,8-11,13H2,(H,31,34)(H,32,35)/t15-,16?,18?,19?,20?,27?/m0/s1. The number of fused-ring (bicyclic) bond motifs is 2. The molecule has 3 unspecified atom stereocenters. The van der Waals surface area contributed by atoms with Crippen LogP contribution in [0.15, 0.2) is 41.3 Å². The zero-order chi connectivity index (χ0) is 28.1. The summed E-state index contributed by atoms with van der Waals surface area (Å²) >= 11 is 6.27. The molecule has 3 aliphatic rings. The van der Waals surface area contributed by atoms with E-state index in [1.54, 1.807) is 0 Å². The highest BCUT2D eigenvalue weighted by Crippen LogP contribution is 2.53. The first kappa shape index (κ1) is 27.9. The van der Waals surface area contributed by atoms with Crippen molar-refractivity contribution < 1.29 is 37.0 Å². The van der Waals surface area contributed by atoms with E-state index in [-0.39, 0.29) is 52.4 Å². The third kappa shape index (κ3) is 5.41. The second kappa shape index (κ2) is 10.4. The van der Waals surface area contributed by atoms with Gasteiger partial charge in [-0.15, -0.1) is 0 Å². The summed E-state index contributed by atoms with van der Waals surface area (Å²) in [4.78, 5) is 25.1. The van der Waals surface area contributed by atoms with Crippen molar-refractivity contribution in [1.29, 1.82) is 0 Å². The molecule has 39 heavy (non-hydrogen) atoms. The van der Waals surface area contributed by atoms with Gasteiger partial charge in [-0.05, 0) is 80.7 Å². The average Bonchev–Trinajstić information content (AvgIpc) is 3.01. The van der Waals surface area contributed by atoms with Gasteiger partial charge in [-0.1, -0.05) is 11.6 Å². The molecule has 5 rings (SSSR count). The summed E-state index contributed by atoms with van der Waals surface area (Å²) in [5.41, 5.74) is -1.34. The summed E-state index contributed by atoms with van der Waals surface area (Å²) in [6.07, 6.45) is 1.89. The van der Waals surface area contributed by atoms with Crippen LogP contribution in [0.5, 0.6) is 0 Å². The molecule has 0 heterocycles. The molecule has 0 spiro atoms. The largest absolute Gasteiger partial charge is 0.393 e. The van der Waals surface area contributed by atoms with E-state index in [1.807, 2.05) is 0 Å². The summed E-state index contributed by atoms with van der Waals surface area (Å²) < 4.78 is 54.1. The summed E-state index contributed by atoms with van der Waals surface area (Å²) in [7, 11) is -4.02. The Morgan fingerprint density at radius 3 is 2.28 bits per heavy atom. The second-order valence-electron chi connectivity index (χ2n) is 10.9. The number of aliphatic hydroxyl groups excluding tert-OH is 1. The van der Waals surface area contributed by atoms with E-state index >= 15 is 0 Å². The summed E-state index contributed by atoms with van der Waals surface area (Å²) in [6, 6.07) is 6.54. The third-order valence-electron chi connectivity index (χ3n) is 8.41. The van der Waals surface area contributed by atoms with Gasteiger partial charge in [-0.3, -0.25) is 9.59 Å². The zero-order valence-corrected chi connectivity index (χ0v) is 22.4. The number of carbonyl (C=O) groups is 2. The molecule has 12 heteroatoms. The molecule has 8 nitrogen and oxygen atoms in total. The highest BCUT2D eigenvalue weighted by molar-refractivity contribution is 7.92. The molecule has 2 aromatic rings. The fourth-order valence-corrected chi connectivity index (χ4v) is 8.61. The van der Waals surface area contributed by atoms with Crippen molar-refractivity contribution in [3.8, 4) is 0 Å². The molecular weight excluding hydrogens is 554 g/mol. The van der Waals surface area contributed by atoms with Crippen molar-refractivity contribution in [2.45, 2.75) is 72.8 Å². The van der Waals surface area contributed by atoms with Crippen molar-refractivity contribution >= 4 is 38.9 Å². The van der Waals surface area contributed by atoms with Gasteiger partial charge in [0.1, 0.15) is 0 Å². The first-order valence-electron chi connectivity index (χ1n) is 12.9. The molecule has 3 saturated carbocycles. The van der Waals surface area contributed by atoms with Crippen LogP contribution in [-0.2, 0) is 14.6 Å². The van der Waals surface area contributed by atoms with Crippen LogP contribution in [0.25, 0.3) is 0 Å². The van der Waals surface area contributed by atoms with Gasteiger partial charge < -0.3 is 20.8 Å². The van der Waals surface area contributed by atoms with E-state index in [9.17, 15) is 37.0 Å². The molecule has 2 amide bonds. The molecule has 0 saturated heterocycles. The van der Waals surface area contributed by atoms with Gasteiger partial charge in [0.15, 0.2) is 21.5 Å². The maximum Gasteiger partial charge on any atom is 0.255 e. The molecule has 3 fully saturated rings. The second-order valence-corrected chi connectivity index (χ2v) is 13.5. The van der Waals surface area contributed by atoms with E-state index in [0.717, 1.165) is 18.2 Å². The maximum absolute atomic E-state index is 13.7. The lowest BCUT2D eigenvalue weighted by Gasteiger charge is -2.42. The lowest BCUT2D eigenvalue weighted by molar-refractivity contribution is -0.134. The van der Waals surface area contributed by atoms with Crippen molar-refractivity contribution in [2.24, 2.45) is 11.8 Å². The van der Waals surface area contributed by atoms with Crippen LogP contribution in [0.2, 0.25) is 5.02 Å². The first-order valence-corrected chi connectivity index (χ1v) is 14.8. The minimum atomic E-state index is -4.02. The number of hydrogen-bond acceptors (Lipinski definition) is 6. The first-order chi connectivity index (χ1) is 18.4. The van der Waals surface area contributed by atoms with Gasteiger partial charge in [0.05, 0.1) is 33.3 Å². The van der Waals surface area contributed by atoms with Crippen LogP contribution < -0.4 is 10.6 Å². The Hall–Kier alpha value is -2.60.